The van der Waals surface area contributed by atoms with Gasteiger partial charge in [0.2, 0.25) is 0 Å². The van der Waals surface area contributed by atoms with Crippen LogP contribution >= 0.6 is 28.3 Å². The van der Waals surface area contributed by atoms with Crippen molar-refractivity contribution >= 4 is 40.0 Å². The van der Waals surface area contributed by atoms with E-state index in [9.17, 15) is 4.79 Å². The van der Waals surface area contributed by atoms with E-state index in [0.29, 0.717) is 12.2 Å². The Hall–Kier alpha value is -1.52. The van der Waals surface area contributed by atoms with Gasteiger partial charge in [-0.05, 0) is 59.6 Å². The Kier molecular flexibility index (Phi) is 7.42. The van der Waals surface area contributed by atoms with Gasteiger partial charge in [0.1, 0.15) is 0 Å². The normalized spacial score (nSPS) is 11.2. The third-order valence-electron chi connectivity index (χ3n) is 3.17. The molecule has 0 bridgehead atoms. The van der Waals surface area contributed by atoms with Crippen molar-refractivity contribution < 1.29 is 9.53 Å². The second-order valence-electron chi connectivity index (χ2n) is 4.69. The Morgan fingerprint density at radius 2 is 1.82 bits per heavy atom. The van der Waals surface area contributed by atoms with Crippen LogP contribution in [0.25, 0.3) is 0 Å². The van der Waals surface area contributed by atoms with Crippen LogP contribution in [0.3, 0.4) is 0 Å². The lowest BCUT2D eigenvalue weighted by atomic mass is 10.1. The molecule has 0 fully saturated rings. The van der Waals surface area contributed by atoms with Gasteiger partial charge in [-0.15, -0.1) is 12.4 Å². The minimum atomic E-state index is -0.282. The predicted octanol–water partition coefficient (Wildman–Crippen LogP) is 5.22. The zero-order valence-electron chi connectivity index (χ0n) is 12.5. The van der Waals surface area contributed by atoms with Gasteiger partial charge in [-0.2, -0.15) is 0 Å². The second-order valence-corrected chi connectivity index (χ2v) is 5.54. The number of halogens is 2. The number of para-hydroxylation sites is 1. The van der Waals surface area contributed by atoms with Crippen molar-refractivity contribution in [3.05, 3.63) is 64.1 Å². The maximum absolute atomic E-state index is 11.6. The van der Waals surface area contributed by atoms with Gasteiger partial charge in [-0.1, -0.05) is 24.3 Å². The number of esters is 1. The summed E-state index contributed by atoms with van der Waals surface area (Å²) in [5.41, 5.74) is 2.73. The Balaban J connectivity index is 0.00000242. The molecule has 1 atom stereocenters. The Labute approximate surface area is 145 Å². The number of anilines is 1. The molecule has 0 unspecified atom stereocenters. The molecule has 2 rings (SSSR count). The number of rotatable bonds is 5. The number of benzene rings is 2. The molecule has 0 aliphatic carbocycles. The van der Waals surface area contributed by atoms with E-state index in [4.69, 9.17) is 4.74 Å². The number of carbonyl (C=O) groups is 1. The molecule has 0 aliphatic rings. The fraction of sp³-hybridized carbons (Fsp3) is 0.235. The topological polar surface area (TPSA) is 38.3 Å². The molecule has 0 saturated carbocycles. The molecule has 0 heterocycles. The van der Waals surface area contributed by atoms with Crippen LogP contribution in [0.5, 0.6) is 0 Å². The first-order valence-electron chi connectivity index (χ1n) is 6.90. The van der Waals surface area contributed by atoms with Gasteiger partial charge in [0, 0.05) is 16.2 Å². The van der Waals surface area contributed by atoms with Crippen LogP contribution in [0, 0.1) is 0 Å². The van der Waals surface area contributed by atoms with E-state index < -0.39 is 0 Å². The van der Waals surface area contributed by atoms with Gasteiger partial charge in [0.15, 0.2) is 0 Å². The molecule has 5 heteroatoms. The number of nitrogens with one attached hydrogen (secondary N) is 1. The van der Waals surface area contributed by atoms with E-state index in [-0.39, 0.29) is 24.4 Å². The van der Waals surface area contributed by atoms with Crippen LogP contribution in [0.2, 0.25) is 0 Å². The highest BCUT2D eigenvalue weighted by atomic mass is 79.9. The van der Waals surface area contributed by atoms with Crippen molar-refractivity contribution in [2.75, 3.05) is 11.9 Å². The van der Waals surface area contributed by atoms with Crippen LogP contribution < -0.4 is 5.32 Å². The molecule has 2 aromatic rings. The van der Waals surface area contributed by atoms with E-state index in [2.05, 4.69) is 28.2 Å². The number of ether oxygens (including phenoxy) is 1. The molecule has 22 heavy (non-hydrogen) atoms. The monoisotopic (exact) mass is 383 g/mol. The van der Waals surface area contributed by atoms with Gasteiger partial charge < -0.3 is 10.1 Å². The van der Waals surface area contributed by atoms with Crippen molar-refractivity contribution in [3.63, 3.8) is 0 Å². The maximum Gasteiger partial charge on any atom is 0.338 e. The molecule has 0 amide bonds. The third-order valence-corrected chi connectivity index (χ3v) is 3.86. The van der Waals surface area contributed by atoms with Crippen LogP contribution in [0.1, 0.15) is 35.8 Å². The summed E-state index contributed by atoms with van der Waals surface area (Å²) in [6.07, 6.45) is 0. The summed E-state index contributed by atoms with van der Waals surface area (Å²) in [7, 11) is 0. The smallest absolute Gasteiger partial charge is 0.338 e. The first-order chi connectivity index (χ1) is 10.1. The lowest BCUT2D eigenvalue weighted by Crippen LogP contribution is -2.08. The fourth-order valence-corrected chi connectivity index (χ4v) is 2.42. The summed E-state index contributed by atoms with van der Waals surface area (Å²) in [5, 5.41) is 3.44. The van der Waals surface area contributed by atoms with Crippen LogP contribution in [-0.2, 0) is 4.74 Å². The molecular formula is C17H19BrClNO2. The largest absolute Gasteiger partial charge is 0.462 e. The van der Waals surface area contributed by atoms with Crippen LogP contribution in [0.4, 0.5) is 5.69 Å². The molecule has 0 aliphatic heterocycles. The van der Waals surface area contributed by atoms with Gasteiger partial charge in [0.05, 0.1) is 12.2 Å². The van der Waals surface area contributed by atoms with E-state index >= 15 is 0 Å². The lowest BCUT2D eigenvalue weighted by molar-refractivity contribution is 0.0526. The summed E-state index contributed by atoms with van der Waals surface area (Å²) >= 11 is 3.52. The van der Waals surface area contributed by atoms with Crippen molar-refractivity contribution in [1.29, 1.82) is 0 Å². The highest BCUT2D eigenvalue weighted by molar-refractivity contribution is 9.10. The van der Waals surface area contributed by atoms with Crippen molar-refractivity contribution in [1.82, 2.24) is 0 Å². The van der Waals surface area contributed by atoms with Gasteiger partial charge >= 0.3 is 5.97 Å². The average Bonchev–Trinajstić information content (AvgIpc) is 2.50. The highest BCUT2D eigenvalue weighted by Gasteiger charge is 2.10. The van der Waals surface area contributed by atoms with Gasteiger partial charge in [-0.3, -0.25) is 0 Å². The number of carbonyl (C=O) groups excluding carboxylic acids is 1. The van der Waals surface area contributed by atoms with E-state index in [1.807, 2.05) is 36.4 Å². The van der Waals surface area contributed by atoms with Crippen molar-refractivity contribution in [2.24, 2.45) is 0 Å². The Morgan fingerprint density at radius 1 is 1.18 bits per heavy atom. The zero-order valence-corrected chi connectivity index (χ0v) is 14.9. The average molecular weight is 385 g/mol. The maximum atomic E-state index is 11.6. The predicted molar refractivity (Wildman–Crippen MR) is 95.8 cm³/mol. The van der Waals surface area contributed by atoms with Crippen LogP contribution in [0.15, 0.2) is 53.0 Å². The molecule has 118 valence electrons. The molecule has 1 N–H and O–H groups in total. The Bertz CT molecular complexity index is 616. The van der Waals surface area contributed by atoms with E-state index in [1.165, 1.54) is 0 Å². The molecule has 2 aromatic carbocycles. The minimum absolute atomic E-state index is 0. The summed E-state index contributed by atoms with van der Waals surface area (Å²) in [4.78, 5) is 11.6. The lowest BCUT2D eigenvalue weighted by Gasteiger charge is -2.17. The van der Waals surface area contributed by atoms with Crippen molar-refractivity contribution in [3.8, 4) is 0 Å². The zero-order chi connectivity index (χ0) is 15.2. The van der Waals surface area contributed by atoms with E-state index in [0.717, 1.165) is 15.7 Å². The standard InChI is InChI=1S/C17H18BrNO2.ClH/c1-3-21-17(20)14-10-8-13(9-11-14)12(2)19-16-7-5-4-6-15(16)18;/h4-12,19H,3H2,1-2H3;1H/t12-;/m0./s1. The number of hydrogen-bond acceptors (Lipinski definition) is 3. The molecule has 3 nitrogen and oxygen atoms in total. The molecular weight excluding hydrogens is 366 g/mol. The number of hydrogen-bond donors (Lipinski definition) is 1. The molecule has 0 saturated heterocycles. The summed E-state index contributed by atoms with van der Waals surface area (Å²) in [6, 6.07) is 15.6. The fourth-order valence-electron chi connectivity index (χ4n) is 2.02. The van der Waals surface area contributed by atoms with E-state index in [1.54, 1.807) is 19.1 Å². The Morgan fingerprint density at radius 3 is 2.41 bits per heavy atom. The van der Waals surface area contributed by atoms with Gasteiger partial charge in [-0.25, -0.2) is 4.79 Å². The summed E-state index contributed by atoms with van der Waals surface area (Å²) < 4.78 is 6.01. The summed E-state index contributed by atoms with van der Waals surface area (Å²) in [5.74, 6) is -0.282. The first-order valence-corrected chi connectivity index (χ1v) is 7.69. The quantitative estimate of drug-likeness (QED) is 0.718. The molecule has 0 radical (unpaired) electrons. The van der Waals surface area contributed by atoms with Crippen molar-refractivity contribution in [2.45, 2.75) is 19.9 Å². The minimum Gasteiger partial charge on any atom is -0.462 e. The van der Waals surface area contributed by atoms with Crippen LogP contribution in [-0.4, -0.2) is 12.6 Å². The molecule has 0 spiro atoms. The van der Waals surface area contributed by atoms with Gasteiger partial charge in [0.25, 0.3) is 0 Å². The summed E-state index contributed by atoms with van der Waals surface area (Å²) in [6.45, 7) is 4.27. The third kappa shape index (κ3) is 4.75. The second kappa shape index (κ2) is 8.81. The molecule has 0 aromatic heterocycles. The SMILES string of the molecule is CCOC(=O)c1ccc([C@H](C)Nc2ccccc2Br)cc1.Cl. The highest BCUT2D eigenvalue weighted by Crippen LogP contribution is 2.26. The first kappa shape index (κ1) is 18.5.